The van der Waals surface area contributed by atoms with Gasteiger partial charge in [0.25, 0.3) is 11.8 Å². The van der Waals surface area contributed by atoms with E-state index in [4.69, 9.17) is 27.9 Å². The van der Waals surface area contributed by atoms with Crippen LogP contribution in [0.25, 0.3) is 6.08 Å². The molecule has 3 aromatic rings. The van der Waals surface area contributed by atoms with E-state index in [1.165, 1.54) is 23.3 Å². The molecule has 0 atom stereocenters. The van der Waals surface area contributed by atoms with Crippen molar-refractivity contribution >= 4 is 52.8 Å². The number of hydrogen-bond donors (Lipinski definition) is 1. The Morgan fingerprint density at radius 1 is 0.857 bits per heavy atom. The number of halogens is 2. The molecule has 0 radical (unpaired) electrons. The summed E-state index contributed by atoms with van der Waals surface area (Å²) in [6.07, 6.45) is 1.38. The molecule has 1 saturated heterocycles. The smallest absolute Gasteiger partial charge is 0.335 e. The summed E-state index contributed by atoms with van der Waals surface area (Å²) in [5, 5.41) is 2.91. The van der Waals surface area contributed by atoms with E-state index in [9.17, 15) is 14.4 Å². The lowest BCUT2D eigenvalue weighted by Crippen LogP contribution is -2.54. The number of amides is 4. The number of imide groups is 2. The van der Waals surface area contributed by atoms with Crippen LogP contribution in [0.3, 0.4) is 0 Å². The summed E-state index contributed by atoms with van der Waals surface area (Å²) in [7, 11) is 0. The van der Waals surface area contributed by atoms with Crippen LogP contribution in [0.2, 0.25) is 10.0 Å². The maximum Gasteiger partial charge on any atom is 0.335 e. The average Bonchev–Trinajstić information content (AvgIpc) is 2.80. The maximum atomic E-state index is 13.1. The zero-order chi connectivity index (χ0) is 25.3. The van der Waals surface area contributed by atoms with Gasteiger partial charge in [-0.2, -0.15) is 0 Å². The first kappa shape index (κ1) is 24.5. The highest BCUT2D eigenvalue weighted by Crippen LogP contribution is 2.29. The lowest BCUT2D eigenvalue weighted by molar-refractivity contribution is -0.122. The normalized spacial score (nSPS) is 14.9. The quantitative estimate of drug-likeness (QED) is 0.330. The van der Waals surface area contributed by atoms with Crippen molar-refractivity contribution in [3.8, 4) is 5.75 Å². The molecule has 1 N–H and O–H groups in total. The molecular weight excluding hydrogens is 487 g/mol. The van der Waals surface area contributed by atoms with E-state index in [0.717, 1.165) is 16.0 Å². The third-order valence-electron chi connectivity index (χ3n) is 5.75. The van der Waals surface area contributed by atoms with E-state index in [1.807, 2.05) is 26.0 Å². The topological polar surface area (TPSA) is 75.7 Å². The molecule has 3 aromatic carbocycles. The highest BCUT2D eigenvalue weighted by atomic mass is 35.5. The van der Waals surface area contributed by atoms with Gasteiger partial charge in [-0.3, -0.25) is 14.9 Å². The van der Waals surface area contributed by atoms with E-state index in [0.29, 0.717) is 28.0 Å². The van der Waals surface area contributed by atoms with Gasteiger partial charge in [0.05, 0.1) is 10.7 Å². The Kier molecular flexibility index (Phi) is 6.96. The number of benzene rings is 3. The Balaban J connectivity index is 1.56. The van der Waals surface area contributed by atoms with Crippen molar-refractivity contribution < 1.29 is 19.1 Å². The van der Waals surface area contributed by atoms with Crippen LogP contribution in [0.4, 0.5) is 10.5 Å². The van der Waals surface area contributed by atoms with Crippen LogP contribution >= 0.6 is 23.2 Å². The van der Waals surface area contributed by atoms with Crippen molar-refractivity contribution in [2.45, 2.75) is 27.4 Å². The minimum absolute atomic E-state index is 0.207. The van der Waals surface area contributed by atoms with Crippen molar-refractivity contribution in [1.29, 1.82) is 0 Å². The van der Waals surface area contributed by atoms with Crippen molar-refractivity contribution in [3.63, 3.8) is 0 Å². The standard InChI is InChI=1S/C27H22Cl2N2O4/c1-15-4-6-19(10-17(15)3)14-35-24-9-7-18(12-23(24)29)11-21-25(32)30-27(34)31(26(21)33)20-8-5-16(2)22(28)13-20/h4-13H,14H2,1-3H3,(H,30,32,34)/b21-11+. The summed E-state index contributed by atoms with van der Waals surface area (Å²) in [6, 6.07) is 15.0. The van der Waals surface area contributed by atoms with Crippen molar-refractivity contribution in [1.82, 2.24) is 5.32 Å². The second kappa shape index (κ2) is 9.94. The number of urea groups is 1. The number of rotatable bonds is 5. The largest absolute Gasteiger partial charge is 0.487 e. The lowest BCUT2D eigenvalue weighted by atomic mass is 10.1. The fraction of sp³-hybridized carbons (Fsp3) is 0.148. The van der Waals surface area contributed by atoms with Crippen LogP contribution in [0.5, 0.6) is 5.75 Å². The summed E-state index contributed by atoms with van der Waals surface area (Å²) in [6.45, 7) is 6.24. The zero-order valence-electron chi connectivity index (χ0n) is 19.3. The minimum atomic E-state index is -0.842. The number of nitrogens with zero attached hydrogens (tertiary/aromatic N) is 1. The fourth-order valence-corrected chi connectivity index (χ4v) is 3.98. The molecule has 1 aliphatic rings. The van der Waals surface area contributed by atoms with Gasteiger partial charge < -0.3 is 4.74 Å². The second-order valence-corrected chi connectivity index (χ2v) is 9.10. The molecule has 35 heavy (non-hydrogen) atoms. The highest BCUT2D eigenvalue weighted by molar-refractivity contribution is 6.39. The number of ether oxygens (including phenoxy) is 1. The Morgan fingerprint density at radius 3 is 2.29 bits per heavy atom. The van der Waals surface area contributed by atoms with Crippen LogP contribution < -0.4 is 15.0 Å². The molecule has 0 aliphatic carbocycles. The Morgan fingerprint density at radius 2 is 1.60 bits per heavy atom. The average molecular weight is 509 g/mol. The monoisotopic (exact) mass is 508 g/mol. The van der Waals surface area contributed by atoms with Gasteiger partial charge in [-0.1, -0.05) is 53.5 Å². The first-order chi connectivity index (χ1) is 16.6. The molecular formula is C27H22Cl2N2O4. The summed E-state index contributed by atoms with van der Waals surface area (Å²) in [4.78, 5) is 38.8. The molecule has 0 unspecified atom stereocenters. The molecule has 1 heterocycles. The molecule has 8 heteroatoms. The number of barbiturate groups is 1. The van der Waals surface area contributed by atoms with Crippen molar-refractivity contribution in [2.24, 2.45) is 0 Å². The Labute approximate surface area is 213 Å². The molecule has 178 valence electrons. The van der Waals surface area contributed by atoms with E-state index >= 15 is 0 Å². The number of hydrogen-bond acceptors (Lipinski definition) is 4. The number of anilines is 1. The molecule has 0 aromatic heterocycles. The molecule has 0 saturated carbocycles. The number of nitrogens with one attached hydrogen (secondary N) is 1. The van der Waals surface area contributed by atoms with E-state index < -0.39 is 17.8 Å². The van der Waals surface area contributed by atoms with Crippen LogP contribution in [-0.2, 0) is 16.2 Å². The summed E-state index contributed by atoms with van der Waals surface area (Å²) < 4.78 is 5.85. The van der Waals surface area contributed by atoms with E-state index in [2.05, 4.69) is 11.4 Å². The number of carbonyl (C=O) groups excluding carboxylic acids is 3. The van der Waals surface area contributed by atoms with Gasteiger partial charge in [0, 0.05) is 5.02 Å². The molecule has 0 bridgehead atoms. The molecule has 1 fully saturated rings. The van der Waals surface area contributed by atoms with Crippen LogP contribution in [0.15, 0.2) is 60.2 Å². The molecule has 6 nitrogen and oxygen atoms in total. The molecule has 4 amide bonds. The third-order valence-corrected chi connectivity index (χ3v) is 6.45. The van der Waals surface area contributed by atoms with Gasteiger partial charge in [0.15, 0.2) is 0 Å². The Hall–Kier alpha value is -3.61. The molecule has 0 spiro atoms. The fourth-order valence-electron chi connectivity index (χ4n) is 3.56. The van der Waals surface area contributed by atoms with Gasteiger partial charge in [-0.25, -0.2) is 9.69 Å². The van der Waals surface area contributed by atoms with E-state index in [1.54, 1.807) is 37.3 Å². The van der Waals surface area contributed by atoms with Crippen LogP contribution in [-0.4, -0.2) is 17.8 Å². The Bertz CT molecular complexity index is 1400. The summed E-state index contributed by atoms with van der Waals surface area (Å²) in [5.41, 5.74) is 4.74. The zero-order valence-corrected chi connectivity index (χ0v) is 20.8. The van der Waals surface area contributed by atoms with E-state index in [-0.39, 0.29) is 11.3 Å². The van der Waals surface area contributed by atoms with Crippen LogP contribution in [0, 0.1) is 20.8 Å². The predicted molar refractivity (Wildman–Crippen MR) is 137 cm³/mol. The first-order valence-electron chi connectivity index (χ1n) is 10.8. The van der Waals surface area contributed by atoms with Gasteiger partial charge in [-0.05, 0) is 78.9 Å². The van der Waals surface area contributed by atoms with Crippen molar-refractivity contribution in [2.75, 3.05) is 4.90 Å². The maximum absolute atomic E-state index is 13.1. The summed E-state index contributed by atoms with van der Waals surface area (Å²) >= 11 is 12.6. The first-order valence-corrected chi connectivity index (χ1v) is 11.6. The third kappa shape index (κ3) is 5.24. The van der Waals surface area contributed by atoms with Gasteiger partial charge in [0.2, 0.25) is 0 Å². The minimum Gasteiger partial charge on any atom is -0.487 e. The number of carbonyl (C=O) groups is 3. The van der Waals surface area contributed by atoms with Crippen molar-refractivity contribution in [3.05, 3.63) is 98.0 Å². The predicted octanol–water partition coefficient (Wildman–Crippen LogP) is 6.16. The second-order valence-electron chi connectivity index (χ2n) is 8.29. The van der Waals surface area contributed by atoms with Gasteiger partial charge in [0.1, 0.15) is 17.9 Å². The van der Waals surface area contributed by atoms with Gasteiger partial charge in [-0.15, -0.1) is 0 Å². The molecule has 4 rings (SSSR count). The van der Waals surface area contributed by atoms with Gasteiger partial charge >= 0.3 is 6.03 Å². The highest BCUT2D eigenvalue weighted by Gasteiger charge is 2.37. The van der Waals surface area contributed by atoms with Crippen LogP contribution in [0.1, 0.15) is 27.8 Å². The summed E-state index contributed by atoms with van der Waals surface area (Å²) in [5.74, 6) is -1.08. The lowest BCUT2D eigenvalue weighted by Gasteiger charge is -2.26. The molecule has 1 aliphatic heterocycles. The SMILES string of the molecule is Cc1ccc(COc2ccc(/C=C3\C(=O)NC(=O)N(c4ccc(C)c(Cl)c4)C3=O)cc2Cl)cc1C. The number of aryl methyl sites for hydroxylation is 3.